The smallest absolute Gasteiger partial charge is 0.227 e. The number of piperidine rings is 1. The van der Waals surface area contributed by atoms with Crippen molar-refractivity contribution in [1.82, 2.24) is 14.5 Å². The minimum Gasteiger partial charge on any atom is -0.326 e. The summed E-state index contributed by atoms with van der Waals surface area (Å²) in [7, 11) is 0. The number of nitrogens with one attached hydrogen (secondary N) is 1. The Morgan fingerprint density at radius 3 is 2.55 bits per heavy atom. The molecule has 5 rings (SSSR count). The number of halogens is 1. The van der Waals surface area contributed by atoms with Crippen LogP contribution in [0.25, 0.3) is 16.7 Å². The monoisotopic (exact) mass is 502 g/mol. The maximum atomic E-state index is 12.8. The third-order valence-electron chi connectivity index (χ3n) is 6.34. The highest BCUT2D eigenvalue weighted by Crippen LogP contribution is 2.26. The van der Waals surface area contributed by atoms with E-state index in [1.54, 1.807) is 0 Å². The van der Waals surface area contributed by atoms with Gasteiger partial charge in [0, 0.05) is 21.8 Å². The SMILES string of the molecule is Cc1ccc(NC(=O)C2CCN(Cc3nc4ccccc4n3-c3cccc(Br)c3)CC2)cc1. The number of para-hydroxylation sites is 2. The summed E-state index contributed by atoms with van der Waals surface area (Å²) in [4.78, 5) is 20.1. The number of imidazole rings is 1. The fourth-order valence-electron chi connectivity index (χ4n) is 4.52. The molecule has 33 heavy (non-hydrogen) atoms. The maximum absolute atomic E-state index is 12.8. The zero-order chi connectivity index (χ0) is 22.8. The lowest BCUT2D eigenvalue weighted by Gasteiger charge is -2.31. The second kappa shape index (κ2) is 9.49. The molecule has 0 radical (unpaired) electrons. The van der Waals surface area contributed by atoms with Crippen LogP contribution in [0.15, 0.2) is 77.3 Å². The summed E-state index contributed by atoms with van der Waals surface area (Å²) in [6.45, 7) is 4.57. The van der Waals surface area contributed by atoms with Crippen LogP contribution in [0.1, 0.15) is 24.2 Å². The number of carbonyl (C=O) groups is 1. The van der Waals surface area contributed by atoms with E-state index in [4.69, 9.17) is 4.98 Å². The quantitative estimate of drug-likeness (QED) is 0.366. The van der Waals surface area contributed by atoms with Crippen LogP contribution in [0, 0.1) is 12.8 Å². The molecule has 6 heteroatoms. The fraction of sp³-hybridized carbons (Fsp3) is 0.259. The van der Waals surface area contributed by atoms with Crippen molar-refractivity contribution < 1.29 is 4.79 Å². The summed E-state index contributed by atoms with van der Waals surface area (Å²) in [5.41, 5.74) is 5.27. The number of rotatable bonds is 5. The van der Waals surface area contributed by atoms with E-state index in [2.05, 4.69) is 67.1 Å². The first-order chi connectivity index (χ1) is 16.1. The first-order valence-corrected chi connectivity index (χ1v) is 12.2. The van der Waals surface area contributed by atoms with Crippen LogP contribution in [0.4, 0.5) is 5.69 Å². The van der Waals surface area contributed by atoms with Gasteiger partial charge in [0.25, 0.3) is 0 Å². The zero-order valence-electron chi connectivity index (χ0n) is 18.7. The number of anilines is 1. The molecule has 1 fully saturated rings. The highest BCUT2D eigenvalue weighted by Gasteiger charge is 2.26. The van der Waals surface area contributed by atoms with E-state index in [0.29, 0.717) is 0 Å². The summed E-state index contributed by atoms with van der Waals surface area (Å²) < 4.78 is 3.29. The van der Waals surface area contributed by atoms with E-state index < -0.39 is 0 Å². The minimum absolute atomic E-state index is 0.0476. The lowest BCUT2D eigenvalue weighted by Crippen LogP contribution is -2.38. The predicted molar refractivity (Wildman–Crippen MR) is 137 cm³/mol. The Hall–Kier alpha value is -2.96. The standard InChI is InChI=1S/C27H27BrN4O/c1-19-9-11-22(12-10-19)29-27(33)20-13-15-31(16-14-20)18-26-30-24-7-2-3-8-25(24)32(26)23-6-4-5-21(28)17-23/h2-12,17,20H,13-16,18H2,1H3,(H,29,33). The van der Waals surface area contributed by atoms with E-state index in [1.807, 2.05) is 43.3 Å². The molecule has 2 heterocycles. The maximum Gasteiger partial charge on any atom is 0.227 e. The summed E-state index contributed by atoms with van der Waals surface area (Å²) in [5, 5.41) is 3.08. The highest BCUT2D eigenvalue weighted by molar-refractivity contribution is 9.10. The second-order valence-corrected chi connectivity index (χ2v) is 9.65. The molecule has 0 unspecified atom stereocenters. The van der Waals surface area contributed by atoms with E-state index in [-0.39, 0.29) is 11.8 Å². The van der Waals surface area contributed by atoms with Crippen molar-refractivity contribution in [3.63, 3.8) is 0 Å². The second-order valence-electron chi connectivity index (χ2n) is 8.74. The van der Waals surface area contributed by atoms with Crippen molar-refractivity contribution in [2.24, 2.45) is 5.92 Å². The molecule has 4 aromatic rings. The average Bonchev–Trinajstić information content (AvgIpc) is 3.19. The van der Waals surface area contributed by atoms with E-state index in [1.165, 1.54) is 5.56 Å². The summed E-state index contributed by atoms with van der Waals surface area (Å²) >= 11 is 3.60. The van der Waals surface area contributed by atoms with Gasteiger partial charge >= 0.3 is 0 Å². The molecule has 5 nitrogen and oxygen atoms in total. The number of fused-ring (bicyclic) bond motifs is 1. The molecule has 1 amide bonds. The van der Waals surface area contributed by atoms with Gasteiger partial charge in [-0.3, -0.25) is 14.3 Å². The number of benzene rings is 3. The van der Waals surface area contributed by atoms with Crippen LogP contribution in [0.5, 0.6) is 0 Å². The zero-order valence-corrected chi connectivity index (χ0v) is 20.3. The Balaban J connectivity index is 1.29. The molecule has 3 aromatic carbocycles. The van der Waals surface area contributed by atoms with Crippen molar-refractivity contribution in [2.45, 2.75) is 26.3 Å². The van der Waals surface area contributed by atoms with Crippen molar-refractivity contribution in [3.05, 3.63) is 88.7 Å². The molecule has 1 aliphatic heterocycles. The summed E-state index contributed by atoms with van der Waals surface area (Å²) in [5.74, 6) is 1.20. The first-order valence-electron chi connectivity index (χ1n) is 11.4. The van der Waals surface area contributed by atoms with Gasteiger partial charge in [-0.15, -0.1) is 0 Å². The largest absolute Gasteiger partial charge is 0.326 e. The molecule has 0 bridgehead atoms. The topological polar surface area (TPSA) is 50.2 Å². The van der Waals surface area contributed by atoms with Gasteiger partial charge in [-0.25, -0.2) is 4.98 Å². The summed E-state index contributed by atoms with van der Waals surface area (Å²) in [6, 6.07) is 24.6. The van der Waals surface area contributed by atoms with Gasteiger partial charge < -0.3 is 5.32 Å². The first kappa shape index (κ1) is 21.9. The molecule has 1 N–H and O–H groups in total. The van der Waals surface area contributed by atoms with Crippen LogP contribution >= 0.6 is 15.9 Å². The normalized spacial score (nSPS) is 15.1. The molecule has 0 saturated carbocycles. The van der Waals surface area contributed by atoms with Gasteiger partial charge in [-0.1, -0.05) is 51.8 Å². The molecule has 1 aliphatic rings. The molecule has 168 valence electrons. The lowest BCUT2D eigenvalue weighted by atomic mass is 9.95. The van der Waals surface area contributed by atoms with E-state index in [0.717, 1.165) is 65.2 Å². The van der Waals surface area contributed by atoms with E-state index >= 15 is 0 Å². The van der Waals surface area contributed by atoms with Gasteiger partial charge in [0.05, 0.1) is 17.6 Å². The fourth-order valence-corrected chi connectivity index (χ4v) is 4.91. The van der Waals surface area contributed by atoms with Crippen LogP contribution in [-0.4, -0.2) is 33.4 Å². The lowest BCUT2D eigenvalue weighted by molar-refractivity contribution is -0.121. The highest BCUT2D eigenvalue weighted by atomic mass is 79.9. The van der Waals surface area contributed by atoms with Gasteiger partial charge in [-0.05, 0) is 75.3 Å². The molecule has 0 aliphatic carbocycles. The Kier molecular flexibility index (Phi) is 6.29. The number of aromatic nitrogens is 2. The molecule has 0 atom stereocenters. The van der Waals surface area contributed by atoms with Gasteiger partial charge in [0.2, 0.25) is 5.91 Å². The van der Waals surface area contributed by atoms with Crippen molar-refractivity contribution in [1.29, 1.82) is 0 Å². The van der Waals surface area contributed by atoms with Crippen LogP contribution < -0.4 is 5.32 Å². The molecular formula is C27H27BrN4O. The Morgan fingerprint density at radius 1 is 1.03 bits per heavy atom. The molecular weight excluding hydrogens is 476 g/mol. The number of likely N-dealkylation sites (tertiary alicyclic amines) is 1. The van der Waals surface area contributed by atoms with E-state index in [9.17, 15) is 4.79 Å². The Morgan fingerprint density at radius 2 is 1.79 bits per heavy atom. The minimum atomic E-state index is 0.0476. The van der Waals surface area contributed by atoms with Crippen molar-refractivity contribution >= 4 is 38.6 Å². The number of amides is 1. The number of hydrogen-bond donors (Lipinski definition) is 1. The predicted octanol–water partition coefficient (Wildman–Crippen LogP) is 5.95. The number of carbonyl (C=O) groups excluding carboxylic acids is 1. The van der Waals surface area contributed by atoms with Crippen molar-refractivity contribution in [2.75, 3.05) is 18.4 Å². The third kappa shape index (κ3) is 4.87. The number of aryl methyl sites for hydroxylation is 1. The third-order valence-corrected chi connectivity index (χ3v) is 6.83. The van der Waals surface area contributed by atoms with Gasteiger partial charge in [0.1, 0.15) is 5.82 Å². The summed E-state index contributed by atoms with van der Waals surface area (Å²) in [6.07, 6.45) is 1.71. The average molecular weight is 503 g/mol. The van der Waals surface area contributed by atoms with Gasteiger partial charge in [0.15, 0.2) is 0 Å². The van der Waals surface area contributed by atoms with Crippen molar-refractivity contribution in [3.8, 4) is 5.69 Å². The van der Waals surface area contributed by atoms with Crippen LogP contribution in [-0.2, 0) is 11.3 Å². The molecule has 1 aromatic heterocycles. The van der Waals surface area contributed by atoms with Crippen LogP contribution in [0.3, 0.4) is 0 Å². The Bertz CT molecular complexity index is 1270. The number of nitrogens with zero attached hydrogens (tertiary/aromatic N) is 3. The molecule has 0 spiro atoms. The molecule has 1 saturated heterocycles. The van der Waals surface area contributed by atoms with Crippen LogP contribution in [0.2, 0.25) is 0 Å². The Labute approximate surface area is 202 Å². The van der Waals surface area contributed by atoms with Gasteiger partial charge in [-0.2, -0.15) is 0 Å². The number of hydrogen-bond acceptors (Lipinski definition) is 3.